The predicted molar refractivity (Wildman–Crippen MR) is 180 cm³/mol. The van der Waals surface area contributed by atoms with Crippen LogP contribution in [0.15, 0.2) is 48.8 Å². The van der Waals surface area contributed by atoms with Gasteiger partial charge in [-0.3, -0.25) is 9.97 Å². The number of piperidine rings is 1. The number of rotatable bonds is 6. The van der Waals surface area contributed by atoms with Crippen LogP contribution < -0.4 is 9.80 Å². The zero-order valence-electron chi connectivity index (χ0n) is 27.6. The molecule has 1 aromatic carbocycles. The second kappa shape index (κ2) is 11.7. The number of aliphatic carboxylic acids is 1. The molecule has 45 heavy (non-hydrogen) atoms. The van der Waals surface area contributed by atoms with Crippen LogP contribution in [0.4, 0.5) is 11.5 Å². The minimum absolute atomic E-state index is 0.247. The molecule has 0 saturated carbocycles. The predicted octanol–water partition coefficient (Wildman–Crippen LogP) is 7.44. The van der Waals surface area contributed by atoms with E-state index < -0.39 is 17.7 Å². The number of anilines is 2. The Morgan fingerprint density at radius 1 is 0.956 bits per heavy atom. The van der Waals surface area contributed by atoms with Crippen LogP contribution in [0, 0.1) is 19.3 Å². The zero-order chi connectivity index (χ0) is 32.1. The molecule has 236 valence electrons. The summed E-state index contributed by atoms with van der Waals surface area (Å²) in [5, 5.41) is 11.5. The Kier molecular flexibility index (Phi) is 8.06. The Morgan fingerprint density at radius 3 is 2.42 bits per heavy atom. The maximum absolute atomic E-state index is 12.8. The highest BCUT2D eigenvalue weighted by Crippen LogP contribution is 2.45. The molecule has 0 aliphatic carbocycles. The molecule has 2 aliphatic rings. The summed E-state index contributed by atoms with van der Waals surface area (Å²) in [5.41, 5.74) is 8.46. The largest absolute Gasteiger partial charge is 0.479 e. The quantitative estimate of drug-likeness (QED) is 0.242. The number of hydrogen-bond acceptors (Lipinski definition) is 7. The molecule has 0 bridgehead atoms. The van der Waals surface area contributed by atoms with Crippen LogP contribution in [0.2, 0.25) is 0 Å². The van der Waals surface area contributed by atoms with E-state index in [0.29, 0.717) is 11.3 Å². The van der Waals surface area contributed by atoms with Crippen molar-refractivity contribution in [3.8, 4) is 11.1 Å². The van der Waals surface area contributed by atoms with Gasteiger partial charge in [-0.2, -0.15) is 0 Å². The molecule has 6 rings (SSSR count). The van der Waals surface area contributed by atoms with Gasteiger partial charge in [-0.25, -0.2) is 9.78 Å². The molecule has 0 spiro atoms. The lowest BCUT2D eigenvalue weighted by Gasteiger charge is -2.41. The van der Waals surface area contributed by atoms with Crippen LogP contribution in [0.5, 0.6) is 0 Å². The number of carboxylic acids is 1. The molecule has 0 radical (unpaired) electrons. The minimum Gasteiger partial charge on any atom is -0.479 e. The highest BCUT2D eigenvalue weighted by molar-refractivity contribution is 5.88. The minimum atomic E-state index is -1.13. The van der Waals surface area contributed by atoms with E-state index in [2.05, 4.69) is 59.0 Å². The van der Waals surface area contributed by atoms with Crippen LogP contribution in [0.25, 0.3) is 22.0 Å². The van der Waals surface area contributed by atoms with Gasteiger partial charge in [0.2, 0.25) is 0 Å². The van der Waals surface area contributed by atoms with E-state index in [0.717, 1.165) is 84.7 Å². The third-order valence-corrected chi connectivity index (χ3v) is 9.28. The van der Waals surface area contributed by atoms with E-state index in [1.807, 2.05) is 46.9 Å². The summed E-state index contributed by atoms with van der Waals surface area (Å²) in [6, 6.07) is 12.8. The Hall–Kier alpha value is -4.04. The topological polar surface area (TPSA) is 91.7 Å². The number of carbonyl (C=O) groups is 1. The fourth-order valence-electron chi connectivity index (χ4n) is 6.79. The summed E-state index contributed by atoms with van der Waals surface area (Å²) in [6.45, 7) is 17.7. The maximum atomic E-state index is 12.8. The highest BCUT2D eigenvalue weighted by atomic mass is 16.5. The van der Waals surface area contributed by atoms with E-state index in [4.69, 9.17) is 14.7 Å². The summed E-state index contributed by atoms with van der Waals surface area (Å²) in [7, 11) is 0. The number of benzene rings is 1. The monoisotopic (exact) mass is 607 g/mol. The Morgan fingerprint density at radius 2 is 1.71 bits per heavy atom. The molecule has 4 aromatic rings. The number of fused-ring (bicyclic) bond motifs is 2. The first-order chi connectivity index (χ1) is 21.3. The molecule has 1 saturated heterocycles. The first kappa shape index (κ1) is 31.0. The molecular weight excluding hydrogens is 562 g/mol. The fourth-order valence-corrected chi connectivity index (χ4v) is 6.79. The summed E-state index contributed by atoms with van der Waals surface area (Å²) in [5.74, 6) is -0.0205. The Labute approximate surface area is 266 Å². The van der Waals surface area contributed by atoms with E-state index >= 15 is 0 Å². The maximum Gasteiger partial charge on any atom is 0.337 e. The van der Waals surface area contributed by atoms with Gasteiger partial charge < -0.3 is 19.6 Å². The summed E-state index contributed by atoms with van der Waals surface area (Å²) >= 11 is 0. The third kappa shape index (κ3) is 6.39. The second-order valence-electron chi connectivity index (χ2n) is 14.4. The van der Waals surface area contributed by atoms with Crippen molar-refractivity contribution in [1.82, 2.24) is 15.0 Å². The van der Waals surface area contributed by atoms with Gasteiger partial charge in [-0.15, -0.1) is 0 Å². The lowest BCUT2D eigenvalue weighted by atomic mass is 9.81. The number of aryl methyl sites for hydroxylation is 2. The standard InChI is InChI=1S/C37H45N5O3/c1-23-31(26-8-9-28-22-42(17-13-25(28)20-26)30-11-10-27-21-38-16-12-29(27)40-30)33(41-18-14-37(6,7)15-19-41)32(24(2)39-23)34(35(43)44)45-36(3,4)5/h8-12,16,20-21,34H,13-15,17-19,22H2,1-7H3,(H,43,44)/t34-/m0/s1. The van der Waals surface area contributed by atoms with Crippen molar-refractivity contribution in [1.29, 1.82) is 0 Å². The highest BCUT2D eigenvalue weighted by Gasteiger charge is 2.36. The molecule has 0 amide bonds. The van der Waals surface area contributed by atoms with Crippen molar-refractivity contribution < 1.29 is 14.6 Å². The fraction of sp³-hybridized carbons (Fsp3) is 0.459. The number of aromatic nitrogens is 3. The van der Waals surface area contributed by atoms with Gasteiger partial charge in [-0.1, -0.05) is 32.0 Å². The van der Waals surface area contributed by atoms with Gasteiger partial charge >= 0.3 is 5.97 Å². The number of hydrogen-bond donors (Lipinski definition) is 1. The number of pyridine rings is 3. The normalized spacial score (nSPS) is 17.3. The van der Waals surface area contributed by atoms with Crippen molar-refractivity contribution >= 4 is 28.4 Å². The number of carboxylic acid groups (broad SMARTS) is 1. The SMILES string of the molecule is Cc1nc(C)c([C@H](OC(C)(C)C)C(=O)O)c(N2CCC(C)(C)CC2)c1-c1ccc2c(c1)CCN(c1ccc3cnccc3n1)C2. The summed E-state index contributed by atoms with van der Waals surface area (Å²) in [6.07, 6.45) is 5.46. The van der Waals surface area contributed by atoms with Crippen molar-refractivity contribution in [2.45, 2.75) is 86.0 Å². The Balaban J connectivity index is 1.42. The molecule has 3 aromatic heterocycles. The molecule has 8 nitrogen and oxygen atoms in total. The number of ether oxygens (including phenoxy) is 1. The Bertz CT molecular complexity index is 1750. The van der Waals surface area contributed by atoms with E-state index in [1.165, 1.54) is 11.1 Å². The van der Waals surface area contributed by atoms with E-state index in [9.17, 15) is 9.90 Å². The second-order valence-corrected chi connectivity index (χ2v) is 14.4. The average Bonchev–Trinajstić information content (AvgIpc) is 2.98. The number of nitrogens with zero attached hydrogens (tertiary/aromatic N) is 5. The van der Waals surface area contributed by atoms with Crippen molar-refractivity contribution in [3.63, 3.8) is 0 Å². The van der Waals surface area contributed by atoms with Crippen molar-refractivity contribution in [2.24, 2.45) is 5.41 Å². The van der Waals surface area contributed by atoms with Gasteiger partial charge in [0.05, 0.1) is 16.8 Å². The smallest absolute Gasteiger partial charge is 0.337 e. The molecule has 1 atom stereocenters. The molecule has 1 fully saturated rings. The molecule has 1 N–H and O–H groups in total. The van der Waals surface area contributed by atoms with Crippen LogP contribution in [-0.2, 0) is 22.5 Å². The zero-order valence-corrected chi connectivity index (χ0v) is 27.6. The first-order valence-corrected chi connectivity index (χ1v) is 16.0. The lowest BCUT2D eigenvalue weighted by molar-refractivity contribution is -0.160. The van der Waals surface area contributed by atoms with Crippen LogP contribution >= 0.6 is 0 Å². The molecule has 2 aliphatic heterocycles. The van der Waals surface area contributed by atoms with Gasteiger partial charge in [0.25, 0.3) is 0 Å². The first-order valence-electron chi connectivity index (χ1n) is 16.0. The van der Waals surface area contributed by atoms with Crippen LogP contribution in [-0.4, -0.2) is 51.3 Å². The van der Waals surface area contributed by atoms with Crippen LogP contribution in [0.1, 0.15) is 81.6 Å². The van der Waals surface area contributed by atoms with Crippen LogP contribution in [0.3, 0.4) is 0 Å². The van der Waals surface area contributed by atoms with Gasteiger partial charge in [0.15, 0.2) is 6.10 Å². The molecular formula is C37H45N5O3. The van der Waals surface area contributed by atoms with E-state index in [-0.39, 0.29) is 5.41 Å². The average molecular weight is 608 g/mol. The molecule has 8 heteroatoms. The van der Waals surface area contributed by atoms with E-state index in [1.54, 1.807) is 6.20 Å². The van der Waals surface area contributed by atoms with Crippen molar-refractivity contribution in [3.05, 3.63) is 76.9 Å². The third-order valence-electron chi connectivity index (χ3n) is 9.28. The van der Waals surface area contributed by atoms with Gasteiger partial charge in [-0.05, 0) is 94.2 Å². The van der Waals surface area contributed by atoms with Gasteiger partial charge in [0.1, 0.15) is 5.82 Å². The molecule has 0 unspecified atom stereocenters. The lowest BCUT2D eigenvalue weighted by Crippen LogP contribution is -2.39. The van der Waals surface area contributed by atoms with Gasteiger partial charge in [0, 0.05) is 66.5 Å². The summed E-state index contributed by atoms with van der Waals surface area (Å²) in [4.78, 5) is 31.6. The molecule has 5 heterocycles. The van der Waals surface area contributed by atoms with Crippen molar-refractivity contribution in [2.75, 3.05) is 29.4 Å². The summed E-state index contributed by atoms with van der Waals surface area (Å²) < 4.78 is 6.26.